The van der Waals surface area contributed by atoms with Crippen molar-refractivity contribution in [3.63, 3.8) is 0 Å². The van der Waals surface area contributed by atoms with Gasteiger partial charge in [-0.2, -0.15) is 5.10 Å². The fourth-order valence-electron chi connectivity index (χ4n) is 3.43. The number of nitrogens with zero attached hydrogens (tertiary/aromatic N) is 4. The van der Waals surface area contributed by atoms with Crippen LogP contribution < -0.4 is 0 Å². The van der Waals surface area contributed by atoms with E-state index in [0.29, 0.717) is 0 Å². The van der Waals surface area contributed by atoms with Gasteiger partial charge in [-0.25, -0.2) is 4.68 Å². The molecule has 4 nitrogen and oxygen atoms in total. The number of fused-ring (bicyclic) bond motifs is 1. The van der Waals surface area contributed by atoms with E-state index in [1.807, 2.05) is 16.0 Å². The Hall–Kier alpha value is -1.76. The molecule has 0 aliphatic carbocycles. The van der Waals surface area contributed by atoms with E-state index in [-0.39, 0.29) is 0 Å². The van der Waals surface area contributed by atoms with Crippen molar-refractivity contribution in [3.05, 3.63) is 56.5 Å². The van der Waals surface area contributed by atoms with Gasteiger partial charge in [0.25, 0.3) is 0 Å². The molecule has 6 heteroatoms. The van der Waals surface area contributed by atoms with Crippen LogP contribution in [0.5, 0.6) is 0 Å². The van der Waals surface area contributed by atoms with Gasteiger partial charge in [-0.1, -0.05) is 23.8 Å². The van der Waals surface area contributed by atoms with Crippen LogP contribution >= 0.6 is 23.6 Å². The highest BCUT2D eigenvalue weighted by Gasteiger charge is 2.19. The summed E-state index contributed by atoms with van der Waals surface area (Å²) < 4.78 is 4.91. The Morgan fingerprint density at radius 1 is 1.28 bits per heavy atom. The second-order valence-corrected chi connectivity index (χ2v) is 7.90. The van der Waals surface area contributed by atoms with Gasteiger partial charge in [0.2, 0.25) is 0 Å². The van der Waals surface area contributed by atoms with Crippen LogP contribution in [0.15, 0.2) is 35.7 Å². The zero-order valence-corrected chi connectivity index (χ0v) is 16.2. The third-order valence-corrected chi connectivity index (χ3v) is 6.19. The molecule has 0 fully saturated rings. The highest BCUT2D eigenvalue weighted by Crippen LogP contribution is 2.25. The van der Waals surface area contributed by atoms with E-state index in [9.17, 15) is 0 Å². The smallest absolute Gasteiger partial charge is 0.199 e. The minimum absolute atomic E-state index is 0.750. The van der Waals surface area contributed by atoms with Gasteiger partial charge in [0, 0.05) is 30.1 Å². The van der Waals surface area contributed by atoms with Gasteiger partial charge in [-0.15, -0.1) is 11.3 Å². The number of hydrogen-bond acceptors (Lipinski definition) is 4. The molecule has 4 rings (SSSR count). The first-order valence-corrected chi connectivity index (χ1v) is 9.97. The van der Waals surface area contributed by atoms with Crippen molar-refractivity contribution >= 4 is 23.6 Å². The summed E-state index contributed by atoms with van der Waals surface area (Å²) in [4.78, 5) is 3.96. The maximum atomic E-state index is 5.71. The maximum absolute atomic E-state index is 5.71. The molecule has 25 heavy (non-hydrogen) atoms. The van der Waals surface area contributed by atoms with Crippen molar-refractivity contribution in [2.24, 2.45) is 0 Å². The first kappa shape index (κ1) is 16.7. The first-order chi connectivity index (χ1) is 12.2. The van der Waals surface area contributed by atoms with Crippen molar-refractivity contribution in [3.8, 4) is 11.4 Å². The van der Waals surface area contributed by atoms with Crippen LogP contribution in [0.4, 0.5) is 0 Å². The molecule has 0 bridgehead atoms. The fourth-order valence-corrected chi connectivity index (χ4v) is 4.64. The molecule has 0 saturated heterocycles. The lowest BCUT2D eigenvalue weighted by atomic mass is 10.1. The van der Waals surface area contributed by atoms with Gasteiger partial charge in [0.15, 0.2) is 10.6 Å². The van der Waals surface area contributed by atoms with Gasteiger partial charge >= 0.3 is 0 Å². The summed E-state index contributed by atoms with van der Waals surface area (Å²) in [5, 5.41) is 7.06. The van der Waals surface area contributed by atoms with Crippen LogP contribution in [0.2, 0.25) is 0 Å². The van der Waals surface area contributed by atoms with Crippen molar-refractivity contribution < 1.29 is 0 Å². The van der Waals surface area contributed by atoms with Gasteiger partial charge in [0.1, 0.15) is 0 Å². The summed E-state index contributed by atoms with van der Waals surface area (Å²) in [6.07, 6.45) is 1.12. The van der Waals surface area contributed by atoms with Gasteiger partial charge in [-0.05, 0) is 55.6 Å². The average Bonchev–Trinajstić information content (AvgIpc) is 3.19. The predicted octanol–water partition coefficient (Wildman–Crippen LogP) is 4.49. The molecule has 0 spiro atoms. The van der Waals surface area contributed by atoms with Crippen LogP contribution in [-0.2, 0) is 26.2 Å². The third kappa shape index (κ3) is 3.21. The number of benzene rings is 1. The van der Waals surface area contributed by atoms with Crippen LogP contribution in [0.1, 0.15) is 22.9 Å². The number of hydrogen-bond donors (Lipinski definition) is 0. The molecule has 0 saturated carbocycles. The molecule has 3 aromatic rings. The Balaban J connectivity index is 1.64. The fraction of sp³-hybridized carbons (Fsp3) is 0.368. The number of thiophene rings is 1. The topological polar surface area (TPSA) is 26.0 Å². The molecule has 0 N–H and O–H groups in total. The molecule has 130 valence electrons. The number of rotatable bonds is 4. The number of aromatic nitrogens is 3. The van der Waals surface area contributed by atoms with Gasteiger partial charge < -0.3 is 4.57 Å². The summed E-state index contributed by atoms with van der Waals surface area (Å²) in [5.74, 6) is 0.962. The van der Waals surface area contributed by atoms with E-state index in [1.54, 1.807) is 0 Å². The van der Waals surface area contributed by atoms with E-state index in [1.165, 1.54) is 16.0 Å². The molecule has 0 unspecified atom stereocenters. The monoisotopic (exact) mass is 370 g/mol. The Labute approximate surface area is 157 Å². The van der Waals surface area contributed by atoms with Crippen LogP contribution in [0.3, 0.4) is 0 Å². The molecule has 2 aromatic heterocycles. The Morgan fingerprint density at radius 2 is 2.16 bits per heavy atom. The van der Waals surface area contributed by atoms with Crippen molar-refractivity contribution in [1.29, 1.82) is 0 Å². The van der Waals surface area contributed by atoms with Crippen molar-refractivity contribution in [1.82, 2.24) is 19.2 Å². The lowest BCUT2D eigenvalue weighted by Crippen LogP contribution is -2.32. The molecule has 3 heterocycles. The largest absolute Gasteiger partial charge is 0.300 e. The van der Waals surface area contributed by atoms with E-state index in [0.717, 1.165) is 48.9 Å². The van der Waals surface area contributed by atoms with E-state index >= 15 is 0 Å². The molecule has 0 radical (unpaired) electrons. The zero-order chi connectivity index (χ0) is 17.4. The average molecular weight is 371 g/mol. The SMILES string of the molecule is CCn1c(-c2cccc(C)c2)nn(CN2CCc3sccc3C2)c1=S. The van der Waals surface area contributed by atoms with Crippen molar-refractivity contribution in [2.75, 3.05) is 6.54 Å². The molecule has 1 aromatic carbocycles. The molecule has 0 amide bonds. The lowest BCUT2D eigenvalue weighted by molar-refractivity contribution is 0.189. The van der Waals surface area contributed by atoms with Crippen LogP contribution in [0, 0.1) is 11.7 Å². The van der Waals surface area contributed by atoms with E-state index in [2.05, 4.69) is 59.0 Å². The minimum atomic E-state index is 0.750. The van der Waals surface area contributed by atoms with Gasteiger partial charge in [0.05, 0.1) is 6.67 Å². The van der Waals surface area contributed by atoms with Crippen molar-refractivity contribution in [2.45, 2.75) is 40.0 Å². The highest BCUT2D eigenvalue weighted by molar-refractivity contribution is 7.71. The summed E-state index contributed by atoms with van der Waals surface area (Å²) >= 11 is 7.59. The van der Waals surface area contributed by atoms with Crippen LogP contribution in [0.25, 0.3) is 11.4 Å². The van der Waals surface area contributed by atoms with Crippen LogP contribution in [-0.4, -0.2) is 25.8 Å². The Bertz CT molecular complexity index is 950. The summed E-state index contributed by atoms with van der Waals surface area (Å²) in [7, 11) is 0. The zero-order valence-electron chi connectivity index (χ0n) is 14.6. The normalized spacial score (nSPS) is 14.6. The van der Waals surface area contributed by atoms with E-state index < -0.39 is 0 Å². The van der Waals surface area contributed by atoms with Gasteiger partial charge in [-0.3, -0.25) is 4.90 Å². The predicted molar refractivity (Wildman–Crippen MR) is 105 cm³/mol. The first-order valence-electron chi connectivity index (χ1n) is 8.68. The molecular formula is C19H22N4S2. The second kappa shape index (κ2) is 6.86. The quantitative estimate of drug-likeness (QED) is 0.633. The third-order valence-electron chi connectivity index (χ3n) is 4.74. The summed E-state index contributed by atoms with van der Waals surface area (Å²) in [6, 6.07) is 10.7. The Kier molecular flexibility index (Phi) is 4.58. The highest BCUT2D eigenvalue weighted by atomic mass is 32.1. The molecule has 1 aliphatic heterocycles. The summed E-state index contributed by atoms with van der Waals surface area (Å²) in [6.45, 7) is 7.86. The molecule has 1 aliphatic rings. The standard InChI is InChI=1S/C19H22N4S2/c1-3-22-18(15-6-4-5-14(2)11-15)20-23(19(22)24)13-21-9-7-17-16(12-21)8-10-25-17/h4-6,8,10-11H,3,7,9,12-13H2,1-2H3. The van der Waals surface area contributed by atoms with E-state index in [4.69, 9.17) is 17.3 Å². The lowest BCUT2D eigenvalue weighted by Gasteiger charge is -2.26. The molecular weight excluding hydrogens is 348 g/mol. The maximum Gasteiger partial charge on any atom is 0.199 e. The second-order valence-electron chi connectivity index (χ2n) is 6.53. The molecule has 0 atom stereocenters. The minimum Gasteiger partial charge on any atom is -0.300 e. The summed E-state index contributed by atoms with van der Waals surface area (Å²) in [5.41, 5.74) is 3.82. The Morgan fingerprint density at radius 3 is 2.96 bits per heavy atom. The number of aryl methyl sites for hydroxylation is 1.